The van der Waals surface area contributed by atoms with Crippen molar-refractivity contribution < 1.29 is 24.5 Å². The molecule has 11 nitrogen and oxygen atoms in total. The van der Waals surface area contributed by atoms with E-state index in [1.807, 2.05) is 54.0 Å². The van der Waals surface area contributed by atoms with E-state index in [1.54, 1.807) is 29.7 Å². The van der Waals surface area contributed by atoms with Crippen LogP contribution in [0.15, 0.2) is 54.9 Å². The second-order valence-corrected chi connectivity index (χ2v) is 13.3. The molecule has 0 radical (unpaired) electrons. The average molecular weight is 633 g/mol. The first-order chi connectivity index (χ1) is 21.8. The number of nitrogens with zero attached hydrogens (tertiary/aromatic N) is 5. The summed E-state index contributed by atoms with van der Waals surface area (Å²) in [6, 6.07) is 15.1. The summed E-state index contributed by atoms with van der Waals surface area (Å²) < 4.78 is 8.51. The molecule has 45 heavy (non-hydrogen) atoms. The molecular weight excluding hydrogens is 592 g/mol. The van der Waals surface area contributed by atoms with Crippen LogP contribution in [0.2, 0.25) is 0 Å². The number of amides is 2. The Morgan fingerprint density at radius 1 is 1.16 bits per heavy atom. The van der Waals surface area contributed by atoms with Crippen LogP contribution in [-0.2, 0) is 4.74 Å². The van der Waals surface area contributed by atoms with Gasteiger partial charge in [-0.3, -0.25) is 4.79 Å². The Labute approximate surface area is 266 Å². The van der Waals surface area contributed by atoms with Crippen molar-refractivity contribution in [3.05, 3.63) is 65.6 Å². The van der Waals surface area contributed by atoms with Gasteiger partial charge in [-0.05, 0) is 44.4 Å². The van der Waals surface area contributed by atoms with E-state index >= 15 is 0 Å². The van der Waals surface area contributed by atoms with Crippen LogP contribution in [-0.4, -0.2) is 98.1 Å². The van der Waals surface area contributed by atoms with E-state index in [2.05, 4.69) is 21.4 Å². The highest BCUT2D eigenvalue weighted by Crippen LogP contribution is 2.41. The lowest BCUT2D eigenvalue weighted by Crippen LogP contribution is -2.56. The second kappa shape index (κ2) is 13.2. The van der Waals surface area contributed by atoms with Gasteiger partial charge in [-0.2, -0.15) is 0 Å². The molecule has 238 valence electrons. The van der Waals surface area contributed by atoms with E-state index in [0.717, 1.165) is 45.7 Å². The maximum atomic E-state index is 14.4. The molecule has 2 aliphatic rings. The van der Waals surface area contributed by atoms with Crippen LogP contribution in [0.5, 0.6) is 0 Å². The predicted octanol–water partition coefficient (Wildman–Crippen LogP) is 5.27. The normalized spacial score (nSPS) is 22.1. The molecule has 1 aliphatic heterocycles. The molecule has 12 heteroatoms. The van der Waals surface area contributed by atoms with Gasteiger partial charge >= 0.3 is 6.09 Å². The molecule has 6 rings (SSSR count). The highest BCUT2D eigenvalue weighted by molar-refractivity contribution is 7.18. The summed E-state index contributed by atoms with van der Waals surface area (Å²) in [5, 5.41) is 25.9. The minimum atomic E-state index is -1.08. The lowest BCUT2D eigenvalue weighted by atomic mass is 9.80. The summed E-state index contributed by atoms with van der Waals surface area (Å²) in [6.07, 6.45) is 4.42. The molecule has 4 aromatic rings. The van der Waals surface area contributed by atoms with Gasteiger partial charge in [0, 0.05) is 44.5 Å². The Balaban J connectivity index is 1.28. The maximum absolute atomic E-state index is 14.4. The number of carbonyl (C=O) groups is 2. The molecule has 0 unspecified atom stereocenters. The molecule has 2 aromatic heterocycles. The van der Waals surface area contributed by atoms with Crippen LogP contribution in [0.1, 0.15) is 53.6 Å². The topological polar surface area (TPSA) is 133 Å². The summed E-state index contributed by atoms with van der Waals surface area (Å²) in [5.41, 5.74) is 2.63. The summed E-state index contributed by atoms with van der Waals surface area (Å²) in [6.45, 7) is 3.44. The minimum Gasteiger partial charge on any atom is -0.465 e. The third-order valence-electron chi connectivity index (χ3n) is 9.05. The second-order valence-electron chi connectivity index (χ2n) is 12.0. The first-order valence-corrected chi connectivity index (χ1v) is 16.3. The molecule has 2 fully saturated rings. The van der Waals surface area contributed by atoms with Crippen LogP contribution in [0.25, 0.3) is 21.5 Å². The number of nitrogens with one attached hydrogen (secondary N) is 1. The number of hydrogen-bond donors (Lipinski definition) is 3. The molecule has 3 N–H and O–H groups in total. The largest absolute Gasteiger partial charge is 0.465 e. The number of aryl methyl sites for hydroxylation is 1. The van der Waals surface area contributed by atoms with E-state index < -0.39 is 11.7 Å². The van der Waals surface area contributed by atoms with Crippen molar-refractivity contribution in [1.29, 1.82) is 0 Å². The quantitative estimate of drug-likeness (QED) is 0.227. The first-order valence-electron chi connectivity index (χ1n) is 15.5. The highest BCUT2D eigenvalue weighted by Gasteiger charge is 2.42. The molecule has 1 aliphatic carbocycles. The monoisotopic (exact) mass is 632 g/mol. The van der Waals surface area contributed by atoms with E-state index in [-0.39, 0.29) is 44.2 Å². The number of fused-ring (bicyclic) bond motifs is 1. The van der Waals surface area contributed by atoms with E-state index in [1.165, 1.54) is 4.90 Å². The summed E-state index contributed by atoms with van der Waals surface area (Å²) in [5.74, 6) is -0.240. The van der Waals surface area contributed by atoms with E-state index in [4.69, 9.17) is 4.74 Å². The number of carbonyl (C=O) groups excluding carboxylic acids is 1. The van der Waals surface area contributed by atoms with Crippen LogP contribution in [0.4, 0.5) is 10.5 Å². The van der Waals surface area contributed by atoms with Gasteiger partial charge in [0.15, 0.2) is 5.69 Å². The van der Waals surface area contributed by atoms with Gasteiger partial charge in [0.1, 0.15) is 5.60 Å². The molecule has 2 amide bonds. The van der Waals surface area contributed by atoms with Crippen LogP contribution in [0.3, 0.4) is 0 Å². The fraction of sp³-hybridized carbons (Fsp3) is 0.455. The summed E-state index contributed by atoms with van der Waals surface area (Å²) in [7, 11) is 1.59. The first kappa shape index (κ1) is 31.0. The van der Waals surface area contributed by atoms with Crippen LogP contribution in [0, 0.1) is 6.92 Å². The third-order valence-corrected chi connectivity index (χ3v) is 9.98. The molecule has 3 atom stereocenters. The zero-order valence-corrected chi connectivity index (χ0v) is 26.5. The average Bonchev–Trinajstić information content (AvgIpc) is 3.64. The molecule has 3 heterocycles. The Morgan fingerprint density at radius 2 is 1.98 bits per heavy atom. The van der Waals surface area contributed by atoms with Gasteiger partial charge in [-0.25, -0.2) is 14.8 Å². The highest BCUT2D eigenvalue weighted by atomic mass is 32.1. The number of benzene rings is 2. The van der Waals surface area contributed by atoms with Gasteiger partial charge in [-0.15, -0.1) is 11.3 Å². The molecule has 0 bridgehead atoms. The van der Waals surface area contributed by atoms with Crippen molar-refractivity contribution in [3.63, 3.8) is 0 Å². The van der Waals surface area contributed by atoms with Gasteiger partial charge in [0.05, 0.1) is 45.9 Å². The molecule has 2 aromatic carbocycles. The number of methoxy groups -OCH3 is 1. The Hall–Kier alpha value is -4.00. The van der Waals surface area contributed by atoms with Crippen molar-refractivity contribution in [2.24, 2.45) is 0 Å². The number of anilines is 1. The zero-order valence-electron chi connectivity index (χ0n) is 25.7. The van der Waals surface area contributed by atoms with Crippen molar-refractivity contribution in [1.82, 2.24) is 24.3 Å². The number of thiazole rings is 1. The lowest BCUT2D eigenvalue weighted by Gasteiger charge is -2.41. The van der Waals surface area contributed by atoms with Crippen LogP contribution >= 0.6 is 11.3 Å². The number of carboxylic acid groups (broad SMARTS) is 1. The van der Waals surface area contributed by atoms with Crippen molar-refractivity contribution in [2.45, 2.75) is 56.7 Å². The Bertz CT molecular complexity index is 1650. The molecule has 1 saturated heterocycles. The Kier molecular flexibility index (Phi) is 9.06. The van der Waals surface area contributed by atoms with E-state index in [0.29, 0.717) is 30.8 Å². The third kappa shape index (κ3) is 6.40. The minimum absolute atomic E-state index is 0.190. The molecule has 1 saturated carbocycles. The predicted molar refractivity (Wildman–Crippen MR) is 174 cm³/mol. The van der Waals surface area contributed by atoms with Gasteiger partial charge in [-0.1, -0.05) is 43.2 Å². The number of piperazine rings is 1. The fourth-order valence-electron chi connectivity index (χ4n) is 6.87. The zero-order chi connectivity index (χ0) is 31.6. The van der Waals surface area contributed by atoms with Crippen LogP contribution < -0.4 is 5.32 Å². The van der Waals surface area contributed by atoms with Crippen molar-refractivity contribution in [3.8, 4) is 11.3 Å². The van der Waals surface area contributed by atoms with Gasteiger partial charge in [0.2, 0.25) is 0 Å². The maximum Gasteiger partial charge on any atom is 0.407 e. The molecule has 0 spiro atoms. The summed E-state index contributed by atoms with van der Waals surface area (Å²) >= 11 is 1.64. The number of hydrogen-bond acceptors (Lipinski definition) is 8. The number of imidazole rings is 1. The van der Waals surface area contributed by atoms with Gasteiger partial charge < -0.3 is 34.6 Å². The lowest BCUT2D eigenvalue weighted by molar-refractivity contribution is -0.0893. The number of rotatable bonds is 9. The smallest absolute Gasteiger partial charge is 0.407 e. The SMILES string of the molecule is COC[C@]1(O)CCCC[C@H]1n1cnc(C(=O)N2CCN(C(=O)O)C[C@H]2CCNc2ccc3nc(C)sc3c2)c1-c1ccccc1. The van der Waals surface area contributed by atoms with Crippen molar-refractivity contribution >= 4 is 39.2 Å². The standard InChI is InChI=1S/C33H40N6O5S/c1-22-36-26-12-11-24(18-27(26)45-22)34-15-13-25-19-37(32(41)42)16-17-38(25)31(40)29-30(23-8-4-3-5-9-23)39(21-35-29)28-10-6-7-14-33(28,43)20-44-2/h3-5,8-9,11-12,18,21,25,28,34,43H,6-7,10,13-17,19-20H2,1-2H3,(H,41,42)/t25-,28-,33-/m1/s1. The summed E-state index contributed by atoms with van der Waals surface area (Å²) in [4.78, 5) is 38.7. The number of ether oxygens (including phenoxy) is 1. The van der Waals surface area contributed by atoms with Crippen molar-refractivity contribution in [2.75, 3.05) is 45.2 Å². The number of aromatic nitrogens is 3. The Morgan fingerprint density at radius 3 is 2.76 bits per heavy atom. The van der Waals surface area contributed by atoms with E-state index in [9.17, 15) is 19.8 Å². The number of aliphatic hydroxyl groups is 1. The van der Waals surface area contributed by atoms with Gasteiger partial charge in [0.25, 0.3) is 5.91 Å². The fourth-order valence-corrected chi connectivity index (χ4v) is 7.73. The molecular formula is C33H40N6O5S.